The number of anilines is 2. The van der Waals surface area contributed by atoms with Gasteiger partial charge in [0.15, 0.2) is 0 Å². The van der Waals surface area contributed by atoms with Crippen LogP contribution in [0.15, 0.2) is 29.4 Å². The molecule has 0 fully saturated rings. The molecule has 114 valence electrons. The lowest BCUT2D eigenvalue weighted by molar-refractivity contribution is 0.532. The summed E-state index contributed by atoms with van der Waals surface area (Å²) in [6.07, 6.45) is 3.16. The van der Waals surface area contributed by atoms with Crippen molar-refractivity contribution in [1.29, 1.82) is 0 Å². The minimum atomic E-state index is -3.68. The molecule has 1 heterocycles. The first kappa shape index (κ1) is 15.4. The van der Waals surface area contributed by atoms with Gasteiger partial charge in [-0.2, -0.15) is 5.10 Å². The molecule has 0 spiro atoms. The van der Waals surface area contributed by atoms with Crippen molar-refractivity contribution >= 4 is 21.4 Å². The van der Waals surface area contributed by atoms with Gasteiger partial charge in [0.05, 0.1) is 16.8 Å². The van der Waals surface area contributed by atoms with Gasteiger partial charge in [0.1, 0.15) is 0 Å². The summed E-state index contributed by atoms with van der Waals surface area (Å²) >= 11 is 0. The Morgan fingerprint density at radius 3 is 2.52 bits per heavy atom. The maximum atomic E-state index is 12.5. The van der Waals surface area contributed by atoms with Gasteiger partial charge in [-0.15, -0.1) is 0 Å². The van der Waals surface area contributed by atoms with Crippen molar-refractivity contribution in [3.63, 3.8) is 0 Å². The molecule has 1 aromatic carbocycles. The van der Waals surface area contributed by atoms with Gasteiger partial charge in [-0.25, -0.2) is 8.42 Å². The molecule has 2 rings (SSSR count). The van der Waals surface area contributed by atoms with Crippen LogP contribution in [0.5, 0.6) is 0 Å². The molecule has 2 aromatic rings. The summed E-state index contributed by atoms with van der Waals surface area (Å²) in [5.41, 5.74) is 8.09. The van der Waals surface area contributed by atoms with Gasteiger partial charge < -0.3 is 5.73 Å². The fraction of sp³-hybridized carbons (Fsp3) is 0.357. The van der Waals surface area contributed by atoms with Crippen molar-refractivity contribution in [3.05, 3.63) is 35.7 Å². The Kier molecular flexibility index (Phi) is 3.95. The molecule has 0 aliphatic carbocycles. The number of nitrogens with one attached hydrogen (secondary N) is 1. The highest BCUT2D eigenvalue weighted by atomic mass is 32.2. The van der Waals surface area contributed by atoms with Crippen LogP contribution in [0.2, 0.25) is 0 Å². The van der Waals surface area contributed by atoms with E-state index in [0.717, 1.165) is 5.56 Å². The number of rotatable bonds is 4. The summed E-state index contributed by atoms with van der Waals surface area (Å²) in [5.74, 6) is 0. The molecule has 0 unspecified atom stereocenters. The zero-order valence-electron chi connectivity index (χ0n) is 12.6. The van der Waals surface area contributed by atoms with Crippen LogP contribution in [0.4, 0.5) is 11.4 Å². The van der Waals surface area contributed by atoms with E-state index < -0.39 is 10.0 Å². The van der Waals surface area contributed by atoms with Crippen LogP contribution >= 0.6 is 0 Å². The summed E-state index contributed by atoms with van der Waals surface area (Å²) in [7, 11) is -3.68. The van der Waals surface area contributed by atoms with Crippen molar-refractivity contribution < 1.29 is 8.42 Å². The number of hydrogen-bond acceptors (Lipinski definition) is 4. The third kappa shape index (κ3) is 3.18. The number of aromatic nitrogens is 2. The van der Waals surface area contributed by atoms with Crippen LogP contribution < -0.4 is 10.5 Å². The molecule has 6 nitrogen and oxygen atoms in total. The Bertz CT molecular complexity index is 763. The van der Waals surface area contributed by atoms with E-state index in [-0.39, 0.29) is 10.9 Å². The maximum Gasteiger partial charge on any atom is 0.262 e. The molecule has 0 atom stereocenters. The third-order valence-corrected chi connectivity index (χ3v) is 4.72. The lowest BCUT2D eigenvalue weighted by Crippen LogP contribution is -2.15. The predicted octanol–water partition coefficient (Wildman–Crippen LogP) is 2.46. The first-order valence-electron chi connectivity index (χ1n) is 6.64. The number of nitrogens with zero attached hydrogens (tertiary/aromatic N) is 2. The van der Waals surface area contributed by atoms with E-state index in [2.05, 4.69) is 9.82 Å². The molecule has 0 saturated carbocycles. The molecule has 0 saturated heterocycles. The molecule has 0 radical (unpaired) electrons. The van der Waals surface area contributed by atoms with Crippen molar-refractivity contribution in [1.82, 2.24) is 9.78 Å². The standard InChI is InChI=1S/C14H20N4O2S/c1-9(2)18-8-12(7-16-18)17-21(19,20)14-6-10(3)5-13(15)11(14)4/h5-9,17H,15H2,1-4H3. The Hall–Kier alpha value is -2.02. The number of benzene rings is 1. The van der Waals surface area contributed by atoms with Crippen molar-refractivity contribution in [2.24, 2.45) is 0 Å². The van der Waals surface area contributed by atoms with Crippen LogP contribution in [0.25, 0.3) is 0 Å². The van der Waals surface area contributed by atoms with Gasteiger partial charge in [0, 0.05) is 17.9 Å². The first-order valence-corrected chi connectivity index (χ1v) is 8.12. The third-order valence-electron chi connectivity index (χ3n) is 3.22. The number of aryl methyl sites for hydroxylation is 1. The van der Waals surface area contributed by atoms with E-state index >= 15 is 0 Å². The van der Waals surface area contributed by atoms with E-state index in [9.17, 15) is 8.42 Å². The quantitative estimate of drug-likeness (QED) is 0.849. The molecular formula is C14H20N4O2S. The maximum absolute atomic E-state index is 12.5. The van der Waals surface area contributed by atoms with Gasteiger partial charge >= 0.3 is 0 Å². The zero-order valence-corrected chi connectivity index (χ0v) is 13.4. The molecule has 1 aromatic heterocycles. The highest BCUT2D eigenvalue weighted by Gasteiger charge is 2.19. The Morgan fingerprint density at radius 1 is 1.29 bits per heavy atom. The molecule has 21 heavy (non-hydrogen) atoms. The molecule has 0 aliphatic rings. The van der Waals surface area contributed by atoms with Crippen LogP contribution in [-0.2, 0) is 10.0 Å². The molecule has 3 N–H and O–H groups in total. The van der Waals surface area contributed by atoms with Crippen LogP contribution in [0, 0.1) is 13.8 Å². The van der Waals surface area contributed by atoms with Crippen molar-refractivity contribution in [2.45, 2.75) is 38.6 Å². The molecule has 0 bridgehead atoms. The summed E-state index contributed by atoms with van der Waals surface area (Å²) in [5, 5.41) is 4.12. The van der Waals surface area contributed by atoms with E-state index in [1.165, 1.54) is 6.20 Å². The minimum absolute atomic E-state index is 0.166. The first-order chi connectivity index (χ1) is 9.70. The summed E-state index contributed by atoms with van der Waals surface area (Å²) in [6, 6.07) is 3.53. The number of hydrogen-bond donors (Lipinski definition) is 2. The normalized spacial score (nSPS) is 11.9. The highest BCUT2D eigenvalue weighted by molar-refractivity contribution is 7.92. The fourth-order valence-corrected chi connectivity index (χ4v) is 3.40. The zero-order chi connectivity index (χ0) is 15.8. The van der Waals surface area contributed by atoms with E-state index in [1.807, 2.05) is 20.8 Å². The summed E-state index contributed by atoms with van der Waals surface area (Å²) in [6.45, 7) is 7.44. The number of nitrogens with two attached hydrogens (primary N) is 1. The largest absolute Gasteiger partial charge is 0.398 e. The van der Waals surface area contributed by atoms with E-state index in [0.29, 0.717) is 16.9 Å². The minimum Gasteiger partial charge on any atom is -0.398 e. The van der Waals surface area contributed by atoms with Crippen LogP contribution in [0.1, 0.15) is 31.0 Å². The van der Waals surface area contributed by atoms with Gasteiger partial charge in [-0.1, -0.05) is 0 Å². The molecule has 7 heteroatoms. The van der Waals surface area contributed by atoms with Crippen molar-refractivity contribution in [2.75, 3.05) is 10.5 Å². The van der Waals surface area contributed by atoms with Crippen LogP contribution in [-0.4, -0.2) is 18.2 Å². The lowest BCUT2D eigenvalue weighted by atomic mass is 10.1. The second-order valence-corrected chi connectivity index (χ2v) is 7.04. The Labute approximate surface area is 125 Å². The summed E-state index contributed by atoms with van der Waals surface area (Å²) < 4.78 is 29.2. The molecule has 0 amide bonds. The van der Waals surface area contributed by atoms with Gasteiger partial charge in [-0.05, 0) is 51.0 Å². The predicted molar refractivity (Wildman–Crippen MR) is 83.7 cm³/mol. The van der Waals surface area contributed by atoms with E-state index in [4.69, 9.17) is 5.73 Å². The fourth-order valence-electron chi connectivity index (χ4n) is 2.01. The monoisotopic (exact) mass is 308 g/mol. The lowest BCUT2D eigenvalue weighted by Gasteiger charge is -2.12. The second-order valence-electron chi connectivity index (χ2n) is 5.39. The average Bonchev–Trinajstić information content (AvgIpc) is 2.81. The SMILES string of the molecule is Cc1cc(N)c(C)c(S(=O)(=O)Nc2cnn(C(C)C)c2)c1. The molecular weight excluding hydrogens is 288 g/mol. The van der Waals surface area contributed by atoms with Gasteiger partial charge in [-0.3, -0.25) is 9.40 Å². The van der Waals surface area contributed by atoms with Crippen LogP contribution in [0.3, 0.4) is 0 Å². The smallest absolute Gasteiger partial charge is 0.262 e. The highest BCUT2D eigenvalue weighted by Crippen LogP contribution is 2.25. The summed E-state index contributed by atoms with van der Waals surface area (Å²) in [4.78, 5) is 0.192. The topological polar surface area (TPSA) is 90.0 Å². The second kappa shape index (κ2) is 5.40. The molecule has 0 aliphatic heterocycles. The van der Waals surface area contributed by atoms with Crippen molar-refractivity contribution in [3.8, 4) is 0 Å². The number of nitrogen functional groups attached to an aromatic ring is 1. The van der Waals surface area contributed by atoms with Gasteiger partial charge in [0.25, 0.3) is 10.0 Å². The Morgan fingerprint density at radius 2 is 1.95 bits per heavy atom. The Balaban J connectivity index is 2.38. The average molecular weight is 308 g/mol. The van der Waals surface area contributed by atoms with Gasteiger partial charge in [0.2, 0.25) is 0 Å². The van der Waals surface area contributed by atoms with E-state index in [1.54, 1.807) is 29.9 Å². The number of sulfonamides is 1.